The number of anilines is 5. The SMILES string of the molecule is CC1(C)c2cc(N(c3ccccc3)c3ccccc3)ccc2NC2C=CC(N(C3=CCCC=C3)c3ccccc3)=CC21. The molecular weight excluding hydrogens is 510 g/mol. The molecule has 1 N–H and O–H groups in total. The number of benzene rings is 4. The number of rotatable bonds is 6. The molecule has 7 rings (SSSR count). The van der Waals surface area contributed by atoms with Gasteiger partial charge in [0.2, 0.25) is 0 Å². The van der Waals surface area contributed by atoms with Gasteiger partial charge in [0.15, 0.2) is 0 Å². The lowest BCUT2D eigenvalue weighted by atomic mass is 9.65. The molecule has 0 saturated carbocycles. The smallest absolute Gasteiger partial charge is 0.0520 e. The second-order valence-corrected chi connectivity index (χ2v) is 11.9. The minimum absolute atomic E-state index is 0.102. The summed E-state index contributed by atoms with van der Waals surface area (Å²) in [4.78, 5) is 4.76. The minimum Gasteiger partial charge on any atom is -0.378 e. The van der Waals surface area contributed by atoms with E-state index in [4.69, 9.17) is 0 Å². The van der Waals surface area contributed by atoms with Crippen LogP contribution in [0, 0.1) is 5.92 Å². The van der Waals surface area contributed by atoms with Crippen LogP contribution in [-0.2, 0) is 5.41 Å². The molecular formula is C39H37N3. The molecule has 4 aromatic carbocycles. The van der Waals surface area contributed by atoms with E-state index in [2.05, 4.69) is 175 Å². The number of hydrogen-bond acceptors (Lipinski definition) is 3. The predicted octanol–water partition coefficient (Wildman–Crippen LogP) is 10.0. The van der Waals surface area contributed by atoms with Crippen LogP contribution in [0.3, 0.4) is 0 Å². The van der Waals surface area contributed by atoms with E-state index in [0.29, 0.717) is 0 Å². The van der Waals surface area contributed by atoms with Gasteiger partial charge in [-0.25, -0.2) is 0 Å². The van der Waals surface area contributed by atoms with Crippen molar-refractivity contribution in [2.45, 2.75) is 38.1 Å². The van der Waals surface area contributed by atoms with Crippen molar-refractivity contribution in [1.82, 2.24) is 0 Å². The second kappa shape index (κ2) is 10.9. The van der Waals surface area contributed by atoms with E-state index in [1.165, 1.54) is 34.0 Å². The Morgan fingerprint density at radius 2 is 1.26 bits per heavy atom. The Labute approximate surface area is 249 Å². The fourth-order valence-corrected chi connectivity index (χ4v) is 6.69. The van der Waals surface area contributed by atoms with Crippen LogP contribution >= 0.6 is 0 Å². The van der Waals surface area contributed by atoms with E-state index >= 15 is 0 Å². The lowest BCUT2D eigenvalue weighted by Crippen LogP contribution is -2.46. The lowest BCUT2D eigenvalue weighted by Gasteiger charge is -2.46. The highest BCUT2D eigenvalue weighted by molar-refractivity contribution is 5.79. The van der Waals surface area contributed by atoms with E-state index in [-0.39, 0.29) is 17.4 Å². The second-order valence-electron chi connectivity index (χ2n) is 11.9. The zero-order valence-electron chi connectivity index (χ0n) is 24.3. The van der Waals surface area contributed by atoms with Gasteiger partial charge in [0, 0.05) is 51.2 Å². The number of allylic oxidation sites excluding steroid dienone is 4. The van der Waals surface area contributed by atoms with Crippen molar-refractivity contribution < 1.29 is 0 Å². The van der Waals surface area contributed by atoms with Crippen molar-refractivity contribution in [2.75, 3.05) is 15.1 Å². The highest BCUT2D eigenvalue weighted by atomic mass is 15.2. The summed E-state index contributed by atoms with van der Waals surface area (Å²) < 4.78 is 0. The third-order valence-corrected chi connectivity index (χ3v) is 8.86. The number of fused-ring (bicyclic) bond motifs is 2. The molecule has 3 heteroatoms. The summed E-state index contributed by atoms with van der Waals surface area (Å²) in [7, 11) is 0. The van der Waals surface area contributed by atoms with Crippen LogP contribution in [0.2, 0.25) is 0 Å². The maximum absolute atomic E-state index is 3.88. The van der Waals surface area contributed by atoms with Crippen molar-refractivity contribution in [1.29, 1.82) is 0 Å². The summed E-state index contributed by atoms with van der Waals surface area (Å²) in [5.74, 6) is 0.279. The summed E-state index contributed by atoms with van der Waals surface area (Å²) in [6, 6.07) is 39.2. The monoisotopic (exact) mass is 547 g/mol. The van der Waals surface area contributed by atoms with Crippen molar-refractivity contribution >= 4 is 28.4 Å². The van der Waals surface area contributed by atoms with Gasteiger partial charge in [0.05, 0.1) is 6.04 Å². The van der Waals surface area contributed by atoms with Crippen LogP contribution in [-0.4, -0.2) is 6.04 Å². The third-order valence-electron chi connectivity index (χ3n) is 8.86. The molecule has 208 valence electrons. The van der Waals surface area contributed by atoms with Crippen LogP contribution in [0.5, 0.6) is 0 Å². The Balaban J connectivity index is 1.30. The van der Waals surface area contributed by atoms with Gasteiger partial charge in [-0.15, -0.1) is 0 Å². The first-order chi connectivity index (χ1) is 20.6. The van der Waals surface area contributed by atoms with Gasteiger partial charge < -0.3 is 15.1 Å². The molecule has 4 aromatic rings. The van der Waals surface area contributed by atoms with Gasteiger partial charge in [-0.2, -0.15) is 0 Å². The normalized spacial score (nSPS) is 20.0. The highest BCUT2D eigenvalue weighted by Crippen LogP contribution is 2.48. The highest BCUT2D eigenvalue weighted by Gasteiger charge is 2.42. The summed E-state index contributed by atoms with van der Waals surface area (Å²) in [5, 5.41) is 3.88. The zero-order valence-corrected chi connectivity index (χ0v) is 24.3. The van der Waals surface area contributed by atoms with Crippen LogP contribution < -0.4 is 15.1 Å². The molecule has 0 spiro atoms. The molecule has 1 aliphatic heterocycles. The Morgan fingerprint density at radius 1 is 0.643 bits per heavy atom. The topological polar surface area (TPSA) is 18.5 Å². The van der Waals surface area contributed by atoms with E-state index in [1.807, 2.05) is 0 Å². The molecule has 2 unspecified atom stereocenters. The van der Waals surface area contributed by atoms with Crippen LogP contribution in [0.25, 0.3) is 0 Å². The first-order valence-electron chi connectivity index (χ1n) is 15.0. The van der Waals surface area contributed by atoms with Crippen LogP contribution in [0.1, 0.15) is 32.3 Å². The molecule has 0 amide bonds. The number of nitrogens with one attached hydrogen (secondary N) is 1. The molecule has 1 heterocycles. The van der Waals surface area contributed by atoms with Crippen LogP contribution in [0.15, 0.2) is 157 Å². The first-order valence-corrected chi connectivity index (χ1v) is 15.0. The van der Waals surface area contributed by atoms with Crippen molar-refractivity contribution in [3.8, 4) is 0 Å². The van der Waals surface area contributed by atoms with Gasteiger partial charge in [-0.1, -0.05) is 92.7 Å². The molecule has 0 bridgehead atoms. The third kappa shape index (κ3) is 4.75. The molecule has 0 fully saturated rings. The van der Waals surface area contributed by atoms with E-state index in [0.717, 1.165) is 24.2 Å². The number of hydrogen-bond donors (Lipinski definition) is 1. The van der Waals surface area contributed by atoms with Crippen LogP contribution in [0.4, 0.5) is 28.4 Å². The van der Waals surface area contributed by atoms with Gasteiger partial charge in [0.25, 0.3) is 0 Å². The first kappa shape index (κ1) is 26.2. The molecule has 3 nitrogen and oxygen atoms in total. The average Bonchev–Trinajstić information content (AvgIpc) is 3.04. The Kier molecular flexibility index (Phi) is 6.79. The predicted molar refractivity (Wildman–Crippen MR) is 178 cm³/mol. The molecule has 3 aliphatic rings. The van der Waals surface area contributed by atoms with Gasteiger partial charge in [-0.05, 0) is 85.2 Å². The largest absolute Gasteiger partial charge is 0.378 e. The minimum atomic E-state index is -0.102. The Bertz CT molecular complexity index is 1640. The van der Waals surface area contributed by atoms with Crippen molar-refractivity contribution in [2.24, 2.45) is 5.92 Å². The van der Waals surface area contributed by atoms with Crippen molar-refractivity contribution in [3.63, 3.8) is 0 Å². The summed E-state index contributed by atoms with van der Waals surface area (Å²) in [6.45, 7) is 4.81. The molecule has 2 aliphatic carbocycles. The summed E-state index contributed by atoms with van der Waals surface area (Å²) in [5.41, 5.74) is 9.58. The standard InChI is InChI=1S/C39H37N3/c1-39(2)35-27-33(41(29-15-7-3-8-16-29)30-17-9-4-10-18-30)23-25-37(35)40-38-26-24-34(28-36(38)39)42(31-19-11-5-12-20-31)32-21-13-6-14-22-32/h3-5,7-13,15-28,36,38,40H,6,14H2,1-2H3. The maximum atomic E-state index is 3.88. The molecule has 0 radical (unpaired) electrons. The van der Waals surface area contributed by atoms with Gasteiger partial charge in [-0.3, -0.25) is 0 Å². The van der Waals surface area contributed by atoms with E-state index in [9.17, 15) is 0 Å². The van der Waals surface area contributed by atoms with Gasteiger partial charge >= 0.3 is 0 Å². The Hall–Kier alpha value is -4.76. The van der Waals surface area contributed by atoms with Crippen molar-refractivity contribution in [3.05, 3.63) is 163 Å². The summed E-state index contributed by atoms with van der Waals surface area (Å²) >= 11 is 0. The molecule has 2 atom stereocenters. The molecule has 42 heavy (non-hydrogen) atoms. The Morgan fingerprint density at radius 3 is 1.86 bits per heavy atom. The average molecular weight is 548 g/mol. The number of para-hydroxylation sites is 3. The molecule has 0 aromatic heterocycles. The lowest BCUT2D eigenvalue weighted by molar-refractivity contribution is 0.347. The number of nitrogens with zero attached hydrogens (tertiary/aromatic N) is 2. The van der Waals surface area contributed by atoms with E-state index < -0.39 is 0 Å². The fourth-order valence-electron chi connectivity index (χ4n) is 6.69. The van der Waals surface area contributed by atoms with E-state index in [1.54, 1.807) is 0 Å². The quantitative estimate of drug-likeness (QED) is 0.259. The fraction of sp³-hybridized carbons (Fsp3) is 0.179. The molecule has 0 saturated heterocycles. The summed E-state index contributed by atoms with van der Waals surface area (Å²) in [6.07, 6.45) is 16.2. The maximum Gasteiger partial charge on any atom is 0.0520 e. The zero-order chi connectivity index (χ0) is 28.5. The van der Waals surface area contributed by atoms with Gasteiger partial charge in [0.1, 0.15) is 0 Å².